The van der Waals surface area contributed by atoms with Crippen molar-refractivity contribution in [1.29, 1.82) is 0 Å². The Bertz CT molecular complexity index is 8.00. The van der Waals surface area contributed by atoms with Crippen molar-refractivity contribution in [2.45, 2.75) is 0 Å². The van der Waals surface area contributed by atoms with Crippen molar-refractivity contribution < 1.29 is 86.2 Å². The minimum Gasteiger partial charge on any atom is 0 e. The summed E-state index contributed by atoms with van der Waals surface area (Å²) >= 11 is 0. The fraction of sp³-hybridized carbons (Fsp3) is 0. The zero-order valence-corrected chi connectivity index (χ0v) is 9.78. The van der Waals surface area contributed by atoms with Gasteiger partial charge in [0.25, 0.3) is 0 Å². The zero-order valence-electron chi connectivity index (χ0n) is 1.53. The predicted molar refractivity (Wildman–Crippen MR) is 0 cm³/mol. The van der Waals surface area contributed by atoms with E-state index in [0.717, 1.165) is 0 Å². The fourth-order valence-electron chi connectivity index (χ4n) is 0. The molecule has 31 valence electrons. The molecule has 0 aliphatic heterocycles. The van der Waals surface area contributed by atoms with Gasteiger partial charge in [0.2, 0.25) is 0 Å². The summed E-state index contributed by atoms with van der Waals surface area (Å²) in [6.07, 6.45) is 0. The first-order valence-electron chi connectivity index (χ1n) is 0. The molecule has 0 aromatic heterocycles. The number of hydrogen-bond acceptors (Lipinski definition) is 0. The van der Waals surface area contributed by atoms with Crippen LogP contribution in [0.4, 0.5) is 0 Å². The monoisotopic (exact) mass is 534 g/mol. The number of hydrogen-bond donors (Lipinski definition) is 0. The maximum Gasteiger partial charge on any atom is 0 e. The largest absolute Gasteiger partial charge is 0 e. The molecule has 4 heavy (non-hydrogen) atoms. The molecular weight excluding hydrogens is 535 g/mol. The Morgan fingerprint density at radius 3 is 1.00 bits per heavy atom. The van der Waals surface area contributed by atoms with Crippen molar-refractivity contribution in [2.24, 2.45) is 0 Å². The van der Waals surface area contributed by atoms with Crippen LogP contribution in [0.1, 0.15) is 0 Å². The van der Waals surface area contributed by atoms with Gasteiger partial charge in [-0.25, -0.2) is 0 Å². The Hall–Kier alpha value is 2.83. The van der Waals surface area contributed by atoms with Gasteiger partial charge in [-0.05, 0) is 0 Å². The van der Waals surface area contributed by atoms with Crippen LogP contribution in [0.25, 0.3) is 0 Å². The van der Waals surface area contributed by atoms with Crippen LogP contribution in [0.5, 0.6) is 0 Å². The Labute approximate surface area is 84.8 Å². The van der Waals surface area contributed by atoms with E-state index in [-0.39, 0.29) is 86.2 Å². The van der Waals surface area contributed by atoms with Crippen molar-refractivity contribution in [2.75, 3.05) is 0 Å². The average Bonchev–Trinajstić information content (AvgIpc) is 0. The van der Waals surface area contributed by atoms with Crippen LogP contribution in [0.3, 0.4) is 0 Å². The Morgan fingerprint density at radius 1 is 1.00 bits per heavy atom. The molecule has 0 atom stereocenters. The molecule has 0 rings (SSSR count). The molecule has 0 N–H and O–H groups in total. The zero-order chi connectivity index (χ0) is 0. The smallest absolute Gasteiger partial charge is 0 e. The molecule has 0 spiro atoms. The standard InChI is InChI=1S/Ag.Pt.Ti.W. The molecule has 0 nitrogen and oxygen atoms in total. The predicted octanol–water partition coefficient (Wildman–Crippen LogP) is -0.0100. The van der Waals surface area contributed by atoms with Crippen molar-refractivity contribution in [1.82, 2.24) is 0 Å². The van der Waals surface area contributed by atoms with Gasteiger partial charge in [-0.3, -0.25) is 0 Å². The normalized spacial score (nSPS) is 0. The van der Waals surface area contributed by atoms with E-state index in [4.69, 9.17) is 0 Å². The van der Waals surface area contributed by atoms with Crippen LogP contribution in [-0.4, -0.2) is 0 Å². The molecule has 0 fully saturated rings. The fourth-order valence-corrected chi connectivity index (χ4v) is 0. The minimum absolute atomic E-state index is 0. The summed E-state index contributed by atoms with van der Waals surface area (Å²) < 4.78 is 0. The maximum absolute atomic E-state index is 0. The first-order chi connectivity index (χ1) is 0. The van der Waals surface area contributed by atoms with Crippen LogP contribution in [0.2, 0.25) is 0 Å². The van der Waals surface area contributed by atoms with Gasteiger partial charge < -0.3 is 0 Å². The van der Waals surface area contributed by atoms with Crippen LogP contribution < -0.4 is 0 Å². The molecule has 0 aromatic carbocycles. The second-order valence-electron chi connectivity index (χ2n) is 0. The Kier molecular flexibility index (Phi) is 123. The molecule has 0 bridgehead atoms. The van der Waals surface area contributed by atoms with Crippen LogP contribution in [-0.2, 0) is 86.2 Å². The molecule has 0 unspecified atom stereocenters. The second-order valence-corrected chi connectivity index (χ2v) is 0. The van der Waals surface area contributed by atoms with E-state index in [1.165, 1.54) is 0 Å². The van der Waals surface area contributed by atoms with Crippen molar-refractivity contribution in [3.8, 4) is 0 Å². The molecule has 0 heterocycles. The molecular formula is AgPtTiW. The summed E-state index contributed by atoms with van der Waals surface area (Å²) in [5, 5.41) is 0. The summed E-state index contributed by atoms with van der Waals surface area (Å²) in [6.45, 7) is 0. The van der Waals surface area contributed by atoms with E-state index in [2.05, 4.69) is 0 Å². The summed E-state index contributed by atoms with van der Waals surface area (Å²) in [5.74, 6) is 0. The maximum atomic E-state index is 0. The molecule has 4 heteroatoms. The van der Waals surface area contributed by atoms with Gasteiger partial charge in [0.1, 0.15) is 0 Å². The summed E-state index contributed by atoms with van der Waals surface area (Å²) in [4.78, 5) is 0. The van der Waals surface area contributed by atoms with Crippen molar-refractivity contribution in [3.63, 3.8) is 0 Å². The first-order valence-corrected chi connectivity index (χ1v) is 0. The van der Waals surface area contributed by atoms with Gasteiger partial charge in [0, 0.05) is 86.2 Å². The SMILES string of the molecule is [Ag].[Pt].[Ti].[W]. The third-order valence-electron chi connectivity index (χ3n) is 0. The molecule has 0 aromatic rings. The second kappa shape index (κ2) is 17.0. The third kappa shape index (κ3) is 8.85. The number of rotatable bonds is 0. The van der Waals surface area contributed by atoms with E-state index in [0.29, 0.717) is 0 Å². The van der Waals surface area contributed by atoms with Crippen LogP contribution >= 0.6 is 0 Å². The molecule has 0 saturated carbocycles. The van der Waals surface area contributed by atoms with Gasteiger partial charge in [0.15, 0.2) is 0 Å². The molecule has 0 amide bonds. The average molecular weight is 535 g/mol. The van der Waals surface area contributed by atoms with E-state index in [9.17, 15) is 0 Å². The molecule has 0 saturated heterocycles. The van der Waals surface area contributed by atoms with E-state index in [1.807, 2.05) is 0 Å². The summed E-state index contributed by atoms with van der Waals surface area (Å²) in [5.41, 5.74) is 0. The summed E-state index contributed by atoms with van der Waals surface area (Å²) in [7, 11) is 0. The Morgan fingerprint density at radius 2 is 1.00 bits per heavy atom. The van der Waals surface area contributed by atoms with Crippen LogP contribution in [0, 0.1) is 0 Å². The van der Waals surface area contributed by atoms with Gasteiger partial charge in [-0.1, -0.05) is 0 Å². The van der Waals surface area contributed by atoms with Crippen LogP contribution in [0.15, 0.2) is 0 Å². The topological polar surface area (TPSA) is 0 Å². The minimum atomic E-state index is 0. The van der Waals surface area contributed by atoms with E-state index >= 15 is 0 Å². The quantitative estimate of drug-likeness (QED) is 0.384. The molecule has 0 aliphatic carbocycles. The van der Waals surface area contributed by atoms with Gasteiger partial charge in [-0.2, -0.15) is 0 Å². The van der Waals surface area contributed by atoms with E-state index < -0.39 is 0 Å². The van der Waals surface area contributed by atoms with Crippen molar-refractivity contribution >= 4 is 0 Å². The van der Waals surface area contributed by atoms with Gasteiger partial charge in [-0.15, -0.1) is 0 Å². The molecule has 0 aliphatic rings. The van der Waals surface area contributed by atoms with Gasteiger partial charge in [0.05, 0.1) is 0 Å². The van der Waals surface area contributed by atoms with Crippen molar-refractivity contribution in [3.05, 3.63) is 0 Å². The van der Waals surface area contributed by atoms with E-state index in [1.54, 1.807) is 0 Å². The summed E-state index contributed by atoms with van der Waals surface area (Å²) in [6, 6.07) is 0. The van der Waals surface area contributed by atoms with Gasteiger partial charge >= 0.3 is 0 Å². The third-order valence-corrected chi connectivity index (χ3v) is 0. The molecule has 1 radical (unpaired) electrons. The first kappa shape index (κ1) is 29.0. The Balaban J connectivity index is 0.